The molecule has 0 radical (unpaired) electrons. The summed E-state index contributed by atoms with van der Waals surface area (Å²) in [6, 6.07) is -0.716. The van der Waals surface area contributed by atoms with Gasteiger partial charge in [0.1, 0.15) is 42.7 Å². The molecule has 0 aromatic heterocycles. The molecule has 0 heterocycles. The lowest BCUT2D eigenvalue weighted by atomic mass is 9.85. The van der Waals surface area contributed by atoms with Gasteiger partial charge in [-0.2, -0.15) is 0 Å². The van der Waals surface area contributed by atoms with Gasteiger partial charge in [-0.15, -0.1) is 0 Å². The number of aliphatic carboxylic acids is 1. The van der Waals surface area contributed by atoms with Crippen LogP contribution in [0.2, 0.25) is 0 Å². The van der Waals surface area contributed by atoms with E-state index in [0.717, 1.165) is 12.8 Å². The van der Waals surface area contributed by atoms with Crippen molar-refractivity contribution < 1.29 is 40.5 Å². The number of aliphatic hydroxyl groups excluding tert-OH is 6. The van der Waals surface area contributed by atoms with Gasteiger partial charge in [0.2, 0.25) is 0 Å². The lowest BCUT2D eigenvalue weighted by Crippen LogP contribution is -2.63. The number of nitrogens with two attached hydrogens (primary N) is 2. The number of carbonyl (C=O) groups is 1. The van der Waals surface area contributed by atoms with Crippen LogP contribution in [0.25, 0.3) is 0 Å². The summed E-state index contributed by atoms with van der Waals surface area (Å²) in [5, 5.41) is 62.2. The monoisotopic (exact) mass is 326 g/mol. The van der Waals surface area contributed by atoms with Crippen molar-refractivity contribution in [1.82, 2.24) is 0 Å². The normalized spacial score (nSPS) is 36.2. The molecule has 0 bridgehead atoms. The molecule has 10 nitrogen and oxygen atoms in total. The average molecular weight is 326 g/mol. The lowest BCUT2D eigenvalue weighted by Gasteiger charge is -2.39. The van der Waals surface area contributed by atoms with Crippen LogP contribution in [0.15, 0.2) is 0 Å². The van der Waals surface area contributed by atoms with Crippen LogP contribution in [0.1, 0.15) is 19.3 Å². The first kappa shape index (κ1) is 21.1. The molecule has 1 aliphatic rings. The Morgan fingerprint density at radius 3 is 1.36 bits per heavy atom. The highest BCUT2D eigenvalue weighted by atomic mass is 16.4. The molecule has 0 saturated heterocycles. The summed E-state index contributed by atoms with van der Waals surface area (Å²) in [5.74, 6) is -0.933. The highest BCUT2D eigenvalue weighted by molar-refractivity contribution is 5.72. The SMILES string of the molecule is NCCCCC(N)C(=O)O.OC1C(O)C(O)C(O)C(O)C1O. The number of carboxylic acids is 1. The van der Waals surface area contributed by atoms with E-state index in [1.54, 1.807) is 0 Å². The molecule has 1 aliphatic carbocycles. The summed E-state index contributed by atoms with van der Waals surface area (Å²) >= 11 is 0. The van der Waals surface area contributed by atoms with E-state index in [1.807, 2.05) is 0 Å². The molecule has 22 heavy (non-hydrogen) atoms. The summed E-state index contributed by atoms with van der Waals surface area (Å²) in [7, 11) is 0. The molecule has 11 N–H and O–H groups in total. The van der Waals surface area contributed by atoms with Gasteiger partial charge in [-0.25, -0.2) is 0 Å². The van der Waals surface area contributed by atoms with Gasteiger partial charge in [0.05, 0.1) is 0 Å². The van der Waals surface area contributed by atoms with Crippen LogP contribution in [0.5, 0.6) is 0 Å². The van der Waals surface area contributed by atoms with E-state index in [9.17, 15) is 4.79 Å². The molecule has 1 atom stereocenters. The van der Waals surface area contributed by atoms with Gasteiger partial charge in [0, 0.05) is 0 Å². The van der Waals surface area contributed by atoms with Crippen LogP contribution in [0, 0.1) is 0 Å². The summed E-state index contributed by atoms with van der Waals surface area (Å²) in [4.78, 5) is 10.1. The Bertz CT molecular complexity index is 274. The van der Waals surface area contributed by atoms with Gasteiger partial charge in [-0.05, 0) is 19.4 Å². The van der Waals surface area contributed by atoms with Crippen molar-refractivity contribution in [3.63, 3.8) is 0 Å². The molecule has 132 valence electrons. The second-order valence-corrected chi connectivity index (χ2v) is 5.17. The third kappa shape index (κ3) is 6.10. The van der Waals surface area contributed by atoms with Crippen LogP contribution in [-0.4, -0.2) is 90.9 Å². The number of hydrogen-bond donors (Lipinski definition) is 9. The van der Waals surface area contributed by atoms with E-state index in [2.05, 4.69) is 0 Å². The number of unbranched alkanes of at least 4 members (excludes halogenated alkanes) is 1. The standard InChI is InChI=1S/C6H14N2O2.C6H12O6/c7-4-2-1-3-5(8)6(9)10;7-1-2(8)4(10)6(12)5(11)3(1)9/h5H,1-4,7-8H2,(H,9,10);1-12H. The topological polar surface area (TPSA) is 211 Å². The van der Waals surface area contributed by atoms with Crippen LogP contribution in [0.4, 0.5) is 0 Å². The van der Waals surface area contributed by atoms with Crippen molar-refractivity contribution >= 4 is 5.97 Å². The Morgan fingerprint density at radius 2 is 1.14 bits per heavy atom. The molecule has 1 unspecified atom stereocenters. The van der Waals surface area contributed by atoms with Gasteiger partial charge in [0.15, 0.2) is 0 Å². The van der Waals surface area contributed by atoms with Crippen molar-refractivity contribution in [3.05, 3.63) is 0 Å². The van der Waals surface area contributed by atoms with Gasteiger partial charge in [-0.3, -0.25) is 4.79 Å². The van der Waals surface area contributed by atoms with Gasteiger partial charge >= 0.3 is 5.97 Å². The molecule has 0 amide bonds. The van der Waals surface area contributed by atoms with Gasteiger partial charge in [-0.1, -0.05) is 6.42 Å². The van der Waals surface area contributed by atoms with Crippen molar-refractivity contribution in [2.24, 2.45) is 11.5 Å². The first-order valence-corrected chi connectivity index (χ1v) is 6.92. The number of aliphatic hydroxyl groups is 6. The fourth-order valence-electron chi connectivity index (χ4n) is 1.84. The molecule has 1 saturated carbocycles. The molecule has 0 aliphatic heterocycles. The van der Waals surface area contributed by atoms with Crippen LogP contribution >= 0.6 is 0 Å². The maximum Gasteiger partial charge on any atom is 0.320 e. The van der Waals surface area contributed by atoms with E-state index in [0.29, 0.717) is 13.0 Å². The average Bonchev–Trinajstić information content (AvgIpc) is 2.49. The number of rotatable bonds is 5. The second-order valence-electron chi connectivity index (χ2n) is 5.17. The van der Waals surface area contributed by atoms with Gasteiger partial charge in [0.25, 0.3) is 0 Å². The maximum absolute atomic E-state index is 10.1. The van der Waals surface area contributed by atoms with Crippen LogP contribution in [-0.2, 0) is 4.79 Å². The van der Waals surface area contributed by atoms with E-state index in [1.165, 1.54) is 0 Å². The summed E-state index contributed by atoms with van der Waals surface area (Å²) in [6.07, 6.45) is -7.68. The Morgan fingerprint density at radius 1 is 0.818 bits per heavy atom. The predicted molar refractivity (Wildman–Crippen MR) is 74.6 cm³/mol. The highest BCUT2D eigenvalue weighted by Crippen LogP contribution is 2.20. The Kier molecular flexibility index (Phi) is 9.64. The lowest BCUT2D eigenvalue weighted by molar-refractivity contribution is -0.223. The first-order valence-electron chi connectivity index (χ1n) is 6.92. The van der Waals surface area contributed by atoms with Crippen molar-refractivity contribution in [1.29, 1.82) is 0 Å². The minimum absolute atomic E-state index is 0.520. The molecule has 1 fully saturated rings. The van der Waals surface area contributed by atoms with Crippen molar-refractivity contribution in [2.75, 3.05) is 6.54 Å². The van der Waals surface area contributed by atoms with E-state index >= 15 is 0 Å². The Labute approximate surface area is 127 Å². The fourth-order valence-corrected chi connectivity index (χ4v) is 1.84. The first-order chi connectivity index (χ1) is 10.1. The molecule has 0 aromatic carbocycles. The Balaban J connectivity index is 0.000000409. The third-order valence-electron chi connectivity index (χ3n) is 3.39. The highest BCUT2D eigenvalue weighted by Gasteiger charge is 2.47. The predicted octanol–water partition coefficient (Wildman–Crippen LogP) is -4.31. The molecule has 0 aromatic rings. The van der Waals surface area contributed by atoms with E-state index < -0.39 is 48.6 Å². The van der Waals surface area contributed by atoms with Crippen LogP contribution < -0.4 is 11.5 Å². The summed E-state index contributed by atoms with van der Waals surface area (Å²) < 4.78 is 0. The second kappa shape index (κ2) is 10.0. The zero-order valence-electron chi connectivity index (χ0n) is 12.1. The minimum atomic E-state index is -1.64. The molecular weight excluding hydrogens is 300 g/mol. The van der Waals surface area contributed by atoms with E-state index in [-0.39, 0.29) is 0 Å². The molecular formula is C12H26N2O8. The third-order valence-corrected chi connectivity index (χ3v) is 3.39. The minimum Gasteiger partial charge on any atom is -0.480 e. The molecule has 10 heteroatoms. The maximum atomic E-state index is 10.1. The van der Waals surface area contributed by atoms with Crippen molar-refractivity contribution in [2.45, 2.75) is 61.9 Å². The molecule has 1 rings (SSSR count). The van der Waals surface area contributed by atoms with E-state index in [4.69, 9.17) is 47.2 Å². The Hall–Kier alpha value is -0.850. The largest absolute Gasteiger partial charge is 0.480 e. The number of hydrogen-bond acceptors (Lipinski definition) is 9. The zero-order chi connectivity index (χ0) is 17.4. The molecule has 0 spiro atoms. The quantitative estimate of drug-likeness (QED) is 0.222. The smallest absolute Gasteiger partial charge is 0.320 e. The van der Waals surface area contributed by atoms with Crippen LogP contribution in [0.3, 0.4) is 0 Å². The number of carboxylic acid groups (broad SMARTS) is 1. The van der Waals surface area contributed by atoms with Gasteiger partial charge < -0.3 is 47.2 Å². The van der Waals surface area contributed by atoms with Crippen molar-refractivity contribution in [3.8, 4) is 0 Å². The summed E-state index contributed by atoms with van der Waals surface area (Å²) in [5.41, 5.74) is 10.4. The zero-order valence-corrected chi connectivity index (χ0v) is 12.1. The summed E-state index contributed by atoms with van der Waals surface area (Å²) in [6.45, 7) is 0.604. The fraction of sp³-hybridized carbons (Fsp3) is 0.917.